The van der Waals surface area contributed by atoms with E-state index in [0.29, 0.717) is 12.1 Å². The number of hydrogen-bond acceptors (Lipinski definition) is 6. The van der Waals surface area contributed by atoms with E-state index in [0.717, 1.165) is 11.3 Å². The second-order valence-electron chi connectivity index (χ2n) is 5.71. The predicted molar refractivity (Wildman–Crippen MR) is 109 cm³/mol. The molecule has 0 saturated carbocycles. The van der Waals surface area contributed by atoms with Crippen LogP contribution in [0, 0.1) is 11.6 Å². The first-order chi connectivity index (χ1) is 13.6. The molecule has 0 unspecified atom stereocenters. The first-order valence-corrected chi connectivity index (χ1v) is 10.7. The Balaban J connectivity index is 0.000000278. The number of thiophene rings is 1. The Kier molecular flexibility index (Phi) is 7.66. The molecule has 0 atom stereocenters. The van der Waals surface area contributed by atoms with E-state index in [2.05, 4.69) is 4.98 Å². The Morgan fingerprint density at radius 3 is 2.28 bits per heavy atom. The van der Waals surface area contributed by atoms with E-state index in [1.165, 1.54) is 23.2 Å². The van der Waals surface area contributed by atoms with Crippen LogP contribution in [0.1, 0.15) is 10.4 Å². The summed E-state index contributed by atoms with van der Waals surface area (Å²) in [6.45, 7) is 0. The van der Waals surface area contributed by atoms with Gasteiger partial charge in [0.1, 0.15) is 4.21 Å². The lowest BCUT2D eigenvalue weighted by molar-refractivity contribution is 0.0981. The van der Waals surface area contributed by atoms with Gasteiger partial charge in [-0.1, -0.05) is 17.7 Å². The quantitative estimate of drug-likeness (QED) is 0.598. The monoisotopic (exact) mass is 459 g/mol. The van der Waals surface area contributed by atoms with Crippen molar-refractivity contribution in [2.45, 2.75) is 4.21 Å². The highest BCUT2D eigenvalue weighted by molar-refractivity contribution is 7.92. The molecule has 2 heterocycles. The summed E-state index contributed by atoms with van der Waals surface area (Å²) in [5.41, 5.74) is 0.718. The van der Waals surface area contributed by atoms with Crippen LogP contribution in [0.2, 0.25) is 5.02 Å². The number of amides is 1. The molecule has 1 N–H and O–H groups in total. The van der Waals surface area contributed by atoms with Crippen LogP contribution in [0.25, 0.3) is 0 Å². The molecule has 0 bridgehead atoms. The lowest BCUT2D eigenvalue weighted by Gasteiger charge is -2.10. The lowest BCUT2D eigenvalue weighted by Crippen LogP contribution is -2.30. The summed E-state index contributed by atoms with van der Waals surface area (Å²) in [4.78, 5) is 17.7. The molecule has 0 aliphatic rings. The first-order valence-electron chi connectivity index (χ1n) is 7.94. The molecule has 0 aliphatic carbocycles. The normalized spacial score (nSPS) is 10.7. The van der Waals surface area contributed by atoms with Crippen molar-refractivity contribution in [3.8, 4) is 0 Å². The standard InChI is InChI=1S/C11H6ClF2NO3S2.C7H10N2/c12-7-5-9(14)8(13)4-6(7)11(16)15-20(17,18)10-2-1-3-19-10;1-9(2)7-3-5-8-6-4-7/h1-5H,(H,15,16);3-6H,1-2H3. The number of carbonyl (C=O) groups is 1. The summed E-state index contributed by atoms with van der Waals surface area (Å²) in [6, 6.07) is 7.88. The number of nitrogens with one attached hydrogen (secondary N) is 1. The third kappa shape index (κ3) is 6.21. The van der Waals surface area contributed by atoms with Crippen molar-refractivity contribution in [3.05, 3.63) is 76.4 Å². The van der Waals surface area contributed by atoms with E-state index < -0.39 is 33.1 Å². The second-order valence-corrected chi connectivity index (χ2v) is 8.98. The molecular formula is C18H16ClF2N3O3S2. The average molecular weight is 460 g/mol. The van der Waals surface area contributed by atoms with Crippen LogP contribution in [0.5, 0.6) is 0 Å². The number of rotatable bonds is 4. The molecule has 0 saturated heterocycles. The van der Waals surface area contributed by atoms with E-state index >= 15 is 0 Å². The van der Waals surface area contributed by atoms with E-state index in [1.54, 1.807) is 17.1 Å². The molecule has 29 heavy (non-hydrogen) atoms. The summed E-state index contributed by atoms with van der Waals surface area (Å²) in [5.74, 6) is -3.66. The minimum atomic E-state index is -4.06. The summed E-state index contributed by atoms with van der Waals surface area (Å²) >= 11 is 6.50. The molecule has 0 fully saturated rings. The Bertz CT molecular complexity index is 1080. The van der Waals surface area contributed by atoms with Gasteiger partial charge in [-0.25, -0.2) is 21.9 Å². The Morgan fingerprint density at radius 2 is 1.76 bits per heavy atom. The van der Waals surface area contributed by atoms with Gasteiger partial charge in [0, 0.05) is 32.2 Å². The van der Waals surface area contributed by atoms with Crippen molar-refractivity contribution >= 4 is 44.6 Å². The fourth-order valence-electron chi connectivity index (χ4n) is 1.98. The molecule has 154 valence electrons. The highest BCUT2D eigenvalue weighted by atomic mass is 35.5. The molecule has 1 aromatic carbocycles. The van der Waals surface area contributed by atoms with Crippen molar-refractivity contribution in [3.63, 3.8) is 0 Å². The Hall–Kier alpha value is -2.56. The van der Waals surface area contributed by atoms with Crippen LogP contribution in [0.15, 0.2) is 58.4 Å². The topological polar surface area (TPSA) is 79.4 Å². The van der Waals surface area contributed by atoms with E-state index in [4.69, 9.17) is 11.6 Å². The van der Waals surface area contributed by atoms with Crippen LogP contribution in [-0.4, -0.2) is 33.4 Å². The molecule has 3 aromatic rings. The van der Waals surface area contributed by atoms with Gasteiger partial charge in [0.25, 0.3) is 15.9 Å². The SMILES string of the molecule is CN(C)c1ccncc1.O=C(NS(=O)(=O)c1cccs1)c1cc(F)c(F)cc1Cl. The number of sulfonamides is 1. The first kappa shape index (κ1) is 22.7. The summed E-state index contributed by atoms with van der Waals surface area (Å²) in [5, 5.41) is 1.13. The van der Waals surface area contributed by atoms with E-state index in [1.807, 2.05) is 31.1 Å². The second kappa shape index (κ2) is 9.77. The van der Waals surface area contributed by atoms with Gasteiger partial charge in [0.05, 0.1) is 10.6 Å². The molecular weight excluding hydrogens is 444 g/mol. The van der Waals surface area contributed by atoms with Gasteiger partial charge in [-0.3, -0.25) is 9.78 Å². The Morgan fingerprint density at radius 1 is 1.14 bits per heavy atom. The zero-order valence-corrected chi connectivity index (χ0v) is 17.7. The number of anilines is 1. The lowest BCUT2D eigenvalue weighted by atomic mass is 10.2. The number of aromatic nitrogens is 1. The van der Waals surface area contributed by atoms with Crippen LogP contribution < -0.4 is 9.62 Å². The molecule has 1 amide bonds. The van der Waals surface area contributed by atoms with Crippen molar-refractivity contribution in [2.75, 3.05) is 19.0 Å². The van der Waals surface area contributed by atoms with Crippen molar-refractivity contribution in [1.82, 2.24) is 9.71 Å². The molecule has 0 spiro atoms. The molecule has 3 rings (SSSR count). The van der Waals surface area contributed by atoms with Crippen molar-refractivity contribution in [2.24, 2.45) is 0 Å². The number of pyridine rings is 1. The largest absolute Gasteiger partial charge is 0.378 e. The summed E-state index contributed by atoms with van der Waals surface area (Å²) in [7, 11) is -0.0414. The van der Waals surface area contributed by atoms with Gasteiger partial charge < -0.3 is 4.90 Å². The summed E-state index contributed by atoms with van der Waals surface area (Å²) in [6.07, 6.45) is 3.57. The van der Waals surface area contributed by atoms with Crippen LogP contribution in [-0.2, 0) is 10.0 Å². The van der Waals surface area contributed by atoms with E-state index in [-0.39, 0.29) is 9.23 Å². The van der Waals surface area contributed by atoms with Gasteiger partial charge in [-0.2, -0.15) is 0 Å². The van der Waals surface area contributed by atoms with Gasteiger partial charge in [0.15, 0.2) is 11.6 Å². The molecule has 11 heteroatoms. The van der Waals surface area contributed by atoms with Crippen molar-refractivity contribution < 1.29 is 22.0 Å². The summed E-state index contributed by atoms with van der Waals surface area (Å²) < 4.78 is 51.2. The smallest absolute Gasteiger partial charge is 0.273 e. The minimum absolute atomic E-state index is 0.0791. The van der Waals surface area contributed by atoms with Crippen LogP contribution >= 0.6 is 22.9 Å². The third-order valence-electron chi connectivity index (χ3n) is 3.42. The number of nitrogens with zero attached hydrogens (tertiary/aromatic N) is 2. The van der Waals surface area contributed by atoms with Crippen LogP contribution in [0.3, 0.4) is 0 Å². The Labute approximate surface area is 175 Å². The maximum atomic E-state index is 13.1. The fourth-order valence-corrected chi connectivity index (χ4v) is 4.18. The number of carbonyl (C=O) groups excluding carboxylic acids is 1. The predicted octanol–water partition coefficient (Wildman–Crippen LogP) is 3.95. The van der Waals surface area contributed by atoms with Gasteiger partial charge >= 0.3 is 0 Å². The molecule has 6 nitrogen and oxygen atoms in total. The molecule has 2 aromatic heterocycles. The number of benzene rings is 1. The maximum Gasteiger partial charge on any atom is 0.273 e. The van der Waals surface area contributed by atoms with Gasteiger partial charge in [-0.05, 0) is 35.7 Å². The minimum Gasteiger partial charge on any atom is -0.378 e. The average Bonchev–Trinajstić information content (AvgIpc) is 3.21. The van der Waals surface area contributed by atoms with Gasteiger partial charge in [-0.15, -0.1) is 11.3 Å². The number of halogens is 3. The fraction of sp³-hybridized carbons (Fsp3) is 0.111. The van der Waals surface area contributed by atoms with Crippen LogP contribution in [0.4, 0.5) is 14.5 Å². The highest BCUT2D eigenvalue weighted by Crippen LogP contribution is 2.21. The molecule has 0 aliphatic heterocycles. The highest BCUT2D eigenvalue weighted by Gasteiger charge is 2.22. The third-order valence-corrected chi connectivity index (χ3v) is 6.46. The van der Waals surface area contributed by atoms with Gasteiger partial charge in [0.2, 0.25) is 0 Å². The maximum absolute atomic E-state index is 13.1. The van der Waals surface area contributed by atoms with E-state index in [9.17, 15) is 22.0 Å². The molecule has 0 radical (unpaired) electrons. The zero-order chi connectivity index (χ0) is 21.6. The number of hydrogen-bond donors (Lipinski definition) is 1. The van der Waals surface area contributed by atoms with Crippen molar-refractivity contribution in [1.29, 1.82) is 0 Å². The zero-order valence-electron chi connectivity index (χ0n) is 15.3.